The van der Waals surface area contributed by atoms with Crippen LogP contribution in [0.3, 0.4) is 0 Å². The van der Waals surface area contributed by atoms with Gasteiger partial charge in [-0.25, -0.2) is 22.6 Å². The number of sulfonamides is 1. The number of carbonyl (C=O) groups excluding carboxylic acids is 2. The summed E-state index contributed by atoms with van der Waals surface area (Å²) in [4.78, 5) is 34.2. The van der Waals surface area contributed by atoms with Crippen molar-refractivity contribution in [3.8, 4) is 5.88 Å². The number of carbonyl (C=O) groups is 2. The second kappa shape index (κ2) is 12.2. The summed E-state index contributed by atoms with van der Waals surface area (Å²) in [5, 5.41) is -1.53. The van der Waals surface area contributed by atoms with E-state index in [1.165, 1.54) is 0 Å². The van der Waals surface area contributed by atoms with Crippen LogP contribution in [-0.2, 0) is 32.4 Å². The first-order valence-electron chi connectivity index (χ1n) is 13.8. The maximum Gasteiger partial charge on any atom is 0.493 e. The van der Waals surface area contributed by atoms with Gasteiger partial charge in [0.1, 0.15) is 16.9 Å². The maximum atomic E-state index is 15.4. The molecule has 18 heteroatoms. The Bertz CT molecular complexity index is 1590. The molecule has 2 aromatic rings. The van der Waals surface area contributed by atoms with E-state index in [9.17, 15) is 44.3 Å². The standard InChI is InChI=1S/C27H25ClF7N3O6S/c28-21-10-16(26(30,31)32)12-36-23(21)43-17-5-7-37(8-6-17)13-15-9-22(29)20(11-19(15)14-1-2-14)24(39)38(44-25(40)27(33,34)35)45(41,42)18-3-4-18/h9-12,14,17-18H,1-8,13H2. The Labute approximate surface area is 257 Å². The number of amides is 1. The average Bonchev–Trinajstić information content (AvgIpc) is 3.85. The molecule has 0 N–H and O–H groups in total. The minimum atomic E-state index is -5.61. The number of halogens is 8. The number of aromatic nitrogens is 1. The Hall–Kier alpha value is -3.18. The van der Waals surface area contributed by atoms with Crippen LogP contribution in [-0.4, -0.2) is 65.3 Å². The van der Waals surface area contributed by atoms with Crippen molar-refractivity contribution in [2.24, 2.45) is 0 Å². The van der Waals surface area contributed by atoms with E-state index < -0.39 is 67.0 Å². The van der Waals surface area contributed by atoms with Crippen LogP contribution in [0.5, 0.6) is 5.88 Å². The molecule has 3 fully saturated rings. The van der Waals surface area contributed by atoms with Gasteiger partial charge in [0.2, 0.25) is 5.88 Å². The van der Waals surface area contributed by atoms with Crippen LogP contribution >= 0.6 is 11.6 Å². The van der Waals surface area contributed by atoms with Gasteiger partial charge in [0.05, 0.1) is 16.4 Å². The molecule has 2 saturated carbocycles. The quantitative estimate of drug-likeness (QED) is 0.255. The predicted molar refractivity (Wildman–Crippen MR) is 142 cm³/mol. The molecule has 9 nitrogen and oxygen atoms in total. The van der Waals surface area contributed by atoms with Crippen LogP contribution in [0.15, 0.2) is 24.4 Å². The first-order chi connectivity index (χ1) is 20.9. The van der Waals surface area contributed by atoms with Crippen LogP contribution in [0.2, 0.25) is 5.02 Å². The highest BCUT2D eigenvalue weighted by atomic mass is 35.5. The van der Waals surface area contributed by atoms with Crippen LogP contribution < -0.4 is 4.74 Å². The topological polar surface area (TPSA) is 106 Å². The Morgan fingerprint density at radius 3 is 2.18 bits per heavy atom. The van der Waals surface area contributed by atoms with Crippen LogP contribution in [0.4, 0.5) is 30.7 Å². The number of piperidine rings is 1. The highest BCUT2D eigenvalue weighted by Gasteiger charge is 2.50. The number of alkyl halides is 6. The number of benzene rings is 1. The van der Waals surface area contributed by atoms with E-state index >= 15 is 4.39 Å². The Morgan fingerprint density at radius 2 is 1.64 bits per heavy atom. The van der Waals surface area contributed by atoms with E-state index in [-0.39, 0.29) is 36.2 Å². The summed E-state index contributed by atoms with van der Waals surface area (Å²) in [5.74, 6) is -6.14. The number of hydroxylamine groups is 1. The molecule has 2 heterocycles. The van der Waals surface area contributed by atoms with Gasteiger partial charge in [-0.15, -0.1) is 0 Å². The fraction of sp³-hybridized carbons (Fsp3) is 0.519. The zero-order valence-corrected chi connectivity index (χ0v) is 24.7. The van der Waals surface area contributed by atoms with Gasteiger partial charge in [-0.05, 0) is 73.8 Å². The SMILES string of the molecule is O=C(c1cc(C2CC2)c(CN2CCC(Oc3ncc(C(F)(F)F)cc3Cl)CC2)cc1F)N(OC(=O)C(F)(F)F)S(=O)(=O)C1CC1. The molecule has 0 spiro atoms. The van der Waals surface area contributed by atoms with Gasteiger partial charge in [-0.2, -0.15) is 26.3 Å². The Kier molecular flexibility index (Phi) is 9.00. The van der Waals surface area contributed by atoms with Gasteiger partial charge in [-0.1, -0.05) is 16.1 Å². The third-order valence-corrected chi connectivity index (χ3v) is 9.85. The summed E-state index contributed by atoms with van der Waals surface area (Å²) in [6.07, 6.45) is -7.76. The van der Waals surface area contributed by atoms with Crippen molar-refractivity contribution in [1.82, 2.24) is 14.4 Å². The van der Waals surface area contributed by atoms with Crippen molar-refractivity contribution < 1.29 is 58.3 Å². The number of rotatable bonds is 8. The minimum Gasteiger partial charge on any atom is -0.473 e. The van der Waals surface area contributed by atoms with Gasteiger partial charge in [0.15, 0.2) is 0 Å². The normalized spacial score (nSPS) is 18.5. The van der Waals surface area contributed by atoms with Gasteiger partial charge in [-0.3, -0.25) is 9.69 Å². The number of likely N-dealkylation sites (tertiary alicyclic amines) is 1. The number of ether oxygens (including phenoxy) is 1. The molecule has 1 saturated heterocycles. The molecule has 0 unspecified atom stereocenters. The highest BCUT2D eigenvalue weighted by molar-refractivity contribution is 7.90. The number of hydrogen-bond acceptors (Lipinski definition) is 8. The molecule has 3 aliphatic rings. The monoisotopic (exact) mass is 687 g/mol. The van der Waals surface area contributed by atoms with Crippen molar-refractivity contribution in [3.05, 3.63) is 57.5 Å². The second-order valence-corrected chi connectivity index (χ2v) is 13.5. The third-order valence-electron chi connectivity index (χ3n) is 7.56. The second-order valence-electron chi connectivity index (χ2n) is 11.1. The average molecular weight is 688 g/mol. The zero-order valence-electron chi connectivity index (χ0n) is 23.1. The van der Waals surface area contributed by atoms with E-state index in [1.807, 2.05) is 4.90 Å². The van der Waals surface area contributed by atoms with Crippen LogP contribution in [0.25, 0.3) is 0 Å². The fourth-order valence-electron chi connectivity index (χ4n) is 4.89. The largest absolute Gasteiger partial charge is 0.493 e. The lowest BCUT2D eigenvalue weighted by Gasteiger charge is -2.32. The fourth-order valence-corrected chi connectivity index (χ4v) is 6.61. The van der Waals surface area contributed by atoms with E-state index in [2.05, 4.69) is 9.82 Å². The Morgan fingerprint density at radius 1 is 1.00 bits per heavy atom. The van der Waals surface area contributed by atoms with E-state index in [0.717, 1.165) is 18.2 Å². The van der Waals surface area contributed by atoms with Crippen molar-refractivity contribution in [1.29, 1.82) is 0 Å². The van der Waals surface area contributed by atoms with Crippen molar-refractivity contribution in [3.63, 3.8) is 0 Å². The van der Waals surface area contributed by atoms with Crippen LogP contribution in [0.1, 0.15) is 71.5 Å². The van der Waals surface area contributed by atoms with E-state index in [1.54, 1.807) is 0 Å². The third kappa shape index (κ3) is 7.62. The molecule has 0 atom stereocenters. The minimum absolute atomic E-state index is 0.0278. The first-order valence-corrected chi connectivity index (χ1v) is 15.6. The lowest BCUT2D eigenvalue weighted by atomic mass is 9.97. The molecule has 2 aliphatic carbocycles. The molecule has 45 heavy (non-hydrogen) atoms. The van der Waals surface area contributed by atoms with E-state index in [4.69, 9.17) is 16.3 Å². The van der Waals surface area contributed by atoms with Gasteiger partial charge in [0, 0.05) is 25.8 Å². The molecule has 5 rings (SSSR count). The number of hydrogen-bond donors (Lipinski definition) is 0. The molecule has 0 bridgehead atoms. The highest BCUT2D eigenvalue weighted by Crippen LogP contribution is 2.43. The maximum absolute atomic E-state index is 15.4. The number of pyridine rings is 1. The molecule has 1 amide bonds. The summed E-state index contributed by atoms with van der Waals surface area (Å²) in [6, 6.07) is 2.83. The van der Waals surface area contributed by atoms with E-state index in [0.29, 0.717) is 56.1 Å². The van der Waals surface area contributed by atoms with Crippen molar-refractivity contribution >= 4 is 33.5 Å². The molecule has 1 aromatic heterocycles. The lowest BCUT2D eigenvalue weighted by Crippen LogP contribution is -2.44. The lowest BCUT2D eigenvalue weighted by molar-refractivity contribution is -0.217. The predicted octanol–water partition coefficient (Wildman–Crippen LogP) is 5.77. The van der Waals surface area contributed by atoms with Crippen molar-refractivity contribution in [2.75, 3.05) is 13.1 Å². The summed E-state index contributed by atoms with van der Waals surface area (Å²) in [7, 11) is -4.85. The van der Waals surface area contributed by atoms with Crippen LogP contribution in [0, 0.1) is 5.82 Å². The summed E-state index contributed by atoms with van der Waals surface area (Å²) < 4.78 is 123. The molecular formula is C27H25ClF7N3O6S. The van der Waals surface area contributed by atoms with Gasteiger partial charge in [0.25, 0.3) is 10.0 Å². The van der Waals surface area contributed by atoms with Gasteiger partial charge < -0.3 is 9.57 Å². The molecule has 246 valence electrons. The summed E-state index contributed by atoms with van der Waals surface area (Å²) in [5.41, 5.74) is -0.888. The molecule has 1 aromatic carbocycles. The van der Waals surface area contributed by atoms with Gasteiger partial charge >= 0.3 is 24.2 Å². The van der Waals surface area contributed by atoms with Crippen molar-refractivity contribution in [2.45, 2.75) is 74.7 Å². The summed E-state index contributed by atoms with van der Waals surface area (Å²) >= 11 is 5.93. The number of nitrogens with zero attached hydrogens (tertiary/aromatic N) is 3. The molecular weight excluding hydrogens is 663 g/mol. The Balaban J connectivity index is 1.29. The first kappa shape index (κ1) is 33.2. The molecule has 0 radical (unpaired) electrons. The molecule has 1 aliphatic heterocycles. The smallest absolute Gasteiger partial charge is 0.473 e. The summed E-state index contributed by atoms with van der Waals surface area (Å²) in [6.45, 7) is 1.06. The zero-order chi connectivity index (χ0) is 32.9.